The second kappa shape index (κ2) is 5.44. The van der Waals surface area contributed by atoms with Crippen molar-refractivity contribution < 1.29 is 18.1 Å². The molecule has 1 heterocycles. The molecule has 19 heavy (non-hydrogen) atoms. The van der Waals surface area contributed by atoms with Crippen LogP contribution in [-0.4, -0.2) is 11.1 Å². The van der Waals surface area contributed by atoms with Crippen molar-refractivity contribution in [1.82, 2.24) is 10.5 Å². The zero-order valence-corrected chi connectivity index (χ0v) is 9.61. The van der Waals surface area contributed by atoms with E-state index in [1.54, 1.807) is 6.07 Å². The summed E-state index contributed by atoms with van der Waals surface area (Å²) in [6.07, 6.45) is 1.42. The molecule has 8 heteroatoms. The van der Waals surface area contributed by atoms with Crippen molar-refractivity contribution in [2.45, 2.75) is 6.54 Å². The van der Waals surface area contributed by atoms with E-state index in [0.29, 0.717) is 5.76 Å². The molecule has 0 radical (unpaired) electrons. The van der Waals surface area contributed by atoms with Gasteiger partial charge in [-0.1, -0.05) is 5.16 Å². The van der Waals surface area contributed by atoms with Crippen molar-refractivity contribution in [1.29, 1.82) is 0 Å². The lowest BCUT2D eigenvalue weighted by Crippen LogP contribution is -2.23. The molecule has 1 aromatic heterocycles. The number of rotatable bonds is 4. The molecule has 4 N–H and O–H groups in total. The molecule has 1 aromatic carbocycles. The van der Waals surface area contributed by atoms with E-state index >= 15 is 0 Å². The number of anilines is 1. The molecule has 0 spiro atoms. The van der Waals surface area contributed by atoms with E-state index in [2.05, 4.69) is 10.5 Å². The number of carbonyl (C=O) groups is 1. The smallest absolute Gasteiger partial charge is 0.251 e. The summed E-state index contributed by atoms with van der Waals surface area (Å²) in [7, 11) is 0. The summed E-state index contributed by atoms with van der Waals surface area (Å²) in [5.41, 5.74) is 1.23. The zero-order chi connectivity index (χ0) is 13.8. The Labute approximate surface area is 106 Å². The lowest BCUT2D eigenvalue weighted by Gasteiger charge is -2.07. The standard InChI is InChI=1S/C11H10F2N4O2/c12-8-3-6(4-9(13)10(8)17-14)11(18)15-5-7-1-2-16-19-7/h1-4,17H,5,14H2,(H,15,18). The molecular weight excluding hydrogens is 258 g/mol. The fourth-order valence-electron chi connectivity index (χ4n) is 1.44. The predicted molar refractivity (Wildman–Crippen MR) is 61.8 cm³/mol. The van der Waals surface area contributed by atoms with Gasteiger partial charge in [-0.25, -0.2) is 8.78 Å². The van der Waals surface area contributed by atoms with Gasteiger partial charge in [-0.05, 0) is 12.1 Å². The molecule has 0 aliphatic carbocycles. The Kier molecular flexibility index (Phi) is 3.71. The van der Waals surface area contributed by atoms with E-state index in [1.165, 1.54) is 6.20 Å². The number of halogens is 2. The molecule has 0 aliphatic rings. The molecule has 0 fully saturated rings. The van der Waals surface area contributed by atoms with Crippen molar-refractivity contribution in [3.8, 4) is 0 Å². The number of hydrazine groups is 1. The largest absolute Gasteiger partial charge is 0.360 e. The third-order valence-electron chi connectivity index (χ3n) is 2.36. The third-order valence-corrected chi connectivity index (χ3v) is 2.36. The molecular formula is C11H10F2N4O2. The van der Waals surface area contributed by atoms with E-state index in [1.807, 2.05) is 5.43 Å². The normalized spacial score (nSPS) is 10.3. The number of nitrogens with two attached hydrogens (primary N) is 1. The Hall–Kier alpha value is -2.48. The first-order valence-electron chi connectivity index (χ1n) is 5.25. The summed E-state index contributed by atoms with van der Waals surface area (Å²) in [4.78, 5) is 11.7. The average Bonchev–Trinajstić information content (AvgIpc) is 2.88. The van der Waals surface area contributed by atoms with Gasteiger partial charge in [0.15, 0.2) is 17.4 Å². The molecule has 0 saturated heterocycles. The Balaban J connectivity index is 2.11. The summed E-state index contributed by atoms with van der Waals surface area (Å²) >= 11 is 0. The molecule has 0 atom stereocenters. The molecule has 100 valence electrons. The van der Waals surface area contributed by atoms with Crippen LogP contribution in [0.4, 0.5) is 14.5 Å². The highest BCUT2D eigenvalue weighted by atomic mass is 19.1. The highest BCUT2D eigenvalue weighted by molar-refractivity contribution is 5.94. The topological polar surface area (TPSA) is 93.2 Å². The number of nitrogens with zero attached hydrogens (tertiary/aromatic N) is 1. The van der Waals surface area contributed by atoms with E-state index in [0.717, 1.165) is 12.1 Å². The van der Waals surface area contributed by atoms with Crippen molar-refractivity contribution in [3.05, 3.63) is 47.4 Å². The first kappa shape index (κ1) is 13.0. The van der Waals surface area contributed by atoms with Crippen LogP contribution >= 0.6 is 0 Å². The number of aromatic nitrogens is 1. The van der Waals surface area contributed by atoms with Gasteiger partial charge in [0.1, 0.15) is 5.69 Å². The monoisotopic (exact) mass is 268 g/mol. The van der Waals surface area contributed by atoms with Gasteiger partial charge in [0.05, 0.1) is 12.7 Å². The minimum atomic E-state index is -0.952. The van der Waals surface area contributed by atoms with E-state index in [9.17, 15) is 13.6 Å². The van der Waals surface area contributed by atoms with Gasteiger partial charge in [0.2, 0.25) is 0 Å². The van der Waals surface area contributed by atoms with Crippen molar-refractivity contribution in [2.24, 2.45) is 5.84 Å². The molecule has 0 bridgehead atoms. The number of carbonyl (C=O) groups excluding carboxylic acids is 1. The lowest BCUT2D eigenvalue weighted by atomic mass is 10.1. The van der Waals surface area contributed by atoms with E-state index in [-0.39, 0.29) is 12.1 Å². The van der Waals surface area contributed by atoms with Gasteiger partial charge in [0.25, 0.3) is 5.91 Å². The molecule has 0 unspecified atom stereocenters. The van der Waals surface area contributed by atoms with E-state index < -0.39 is 23.2 Å². The molecule has 6 nitrogen and oxygen atoms in total. The summed E-state index contributed by atoms with van der Waals surface area (Å²) in [6, 6.07) is 3.32. The maximum Gasteiger partial charge on any atom is 0.251 e. The Morgan fingerprint density at radius 3 is 2.58 bits per heavy atom. The zero-order valence-electron chi connectivity index (χ0n) is 9.61. The van der Waals surface area contributed by atoms with Crippen LogP contribution < -0.4 is 16.6 Å². The van der Waals surface area contributed by atoms with Crippen molar-refractivity contribution in [3.63, 3.8) is 0 Å². The molecule has 0 aliphatic heterocycles. The number of hydrogen-bond acceptors (Lipinski definition) is 5. The number of benzene rings is 1. The molecule has 0 saturated carbocycles. The molecule has 1 amide bonds. The Morgan fingerprint density at radius 2 is 2.05 bits per heavy atom. The van der Waals surface area contributed by atoms with Crippen LogP contribution in [0.5, 0.6) is 0 Å². The van der Waals surface area contributed by atoms with Crippen molar-refractivity contribution >= 4 is 11.6 Å². The minimum Gasteiger partial charge on any atom is -0.360 e. The summed E-state index contributed by atoms with van der Waals surface area (Å²) < 4.78 is 31.6. The van der Waals surface area contributed by atoms with Crippen LogP contribution in [-0.2, 0) is 6.54 Å². The number of amides is 1. The number of hydrogen-bond donors (Lipinski definition) is 3. The molecule has 2 rings (SSSR count). The quantitative estimate of drug-likeness (QED) is 0.571. The van der Waals surface area contributed by atoms with Gasteiger partial charge in [-0.3, -0.25) is 10.6 Å². The second-order valence-electron chi connectivity index (χ2n) is 3.62. The highest BCUT2D eigenvalue weighted by Crippen LogP contribution is 2.19. The van der Waals surface area contributed by atoms with Crippen LogP contribution in [0.2, 0.25) is 0 Å². The lowest BCUT2D eigenvalue weighted by molar-refractivity contribution is 0.0946. The minimum absolute atomic E-state index is 0.0684. The van der Waals surface area contributed by atoms with Crippen LogP contribution in [0.3, 0.4) is 0 Å². The summed E-state index contributed by atoms with van der Waals surface area (Å²) in [6.45, 7) is 0.0684. The summed E-state index contributed by atoms with van der Waals surface area (Å²) in [5.74, 6) is 2.83. The highest BCUT2D eigenvalue weighted by Gasteiger charge is 2.14. The Bertz CT molecular complexity index is 563. The van der Waals surface area contributed by atoms with Crippen LogP contribution in [0.25, 0.3) is 0 Å². The first-order valence-corrected chi connectivity index (χ1v) is 5.25. The van der Waals surface area contributed by atoms with Gasteiger partial charge in [-0.15, -0.1) is 0 Å². The first-order chi connectivity index (χ1) is 9.11. The maximum absolute atomic E-state index is 13.4. The summed E-state index contributed by atoms with van der Waals surface area (Å²) in [5, 5.41) is 5.89. The maximum atomic E-state index is 13.4. The average molecular weight is 268 g/mol. The van der Waals surface area contributed by atoms with Gasteiger partial charge in [-0.2, -0.15) is 0 Å². The fraction of sp³-hybridized carbons (Fsp3) is 0.0909. The number of nitrogen functional groups attached to an aromatic ring is 1. The van der Waals surface area contributed by atoms with E-state index in [4.69, 9.17) is 10.4 Å². The predicted octanol–water partition coefficient (Wildman–Crippen LogP) is 1.17. The SMILES string of the molecule is NNc1c(F)cc(C(=O)NCc2ccno2)cc1F. The fourth-order valence-corrected chi connectivity index (χ4v) is 1.44. The van der Waals surface area contributed by atoms with Gasteiger partial charge >= 0.3 is 0 Å². The third kappa shape index (κ3) is 2.86. The number of nitrogens with one attached hydrogen (secondary N) is 2. The van der Waals surface area contributed by atoms with Gasteiger partial charge in [0, 0.05) is 11.6 Å². The van der Waals surface area contributed by atoms with Crippen LogP contribution in [0.1, 0.15) is 16.1 Å². The van der Waals surface area contributed by atoms with Crippen LogP contribution in [0, 0.1) is 11.6 Å². The Morgan fingerprint density at radius 1 is 1.37 bits per heavy atom. The van der Waals surface area contributed by atoms with Crippen molar-refractivity contribution in [2.75, 3.05) is 5.43 Å². The second-order valence-corrected chi connectivity index (χ2v) is 3.62. The van der Waals surface area contributed by atoms with Gasteiger partial charge < -0.3 is 15.3 Å². The molecule has 2 aromatic rings. The van der Waals surface area contributed by atoms with Crippen LogP contribution in [0.15, 0.2) is 28.9 Å².